The normalized spacial score (nSPS) is 16.9. The van der Waals surface area contributed by atoms with Gasteiger partial charge in [-0.25, -0.2) is 5.06 Å². The third kappa shape index (κ3) is 2.93. The minimum atomic E-state index is -0.0641. The van der Waals surface area contributed by atoms with Gasteiger partial charge in [0.2, 0.25) is 0 Å². The number of amides is 1. The summed E-state index contributed by atoms with van der Waals surface area (Å²) in [6, 6.07) is 4.06. The van der Waals surface area contributed by atoms with Gasteiger partial charge in [-0.05, 0) is 38.0 Å². The first-order valence-corrected chi connectivity index (χ1v) is 6.26. The number of hydrogen-bond donors (Lipinski definition) is 0. The van der Waals surface area contributed by atoms with Crippen molar-refractivity contribution in [2.24, 2.45) is 0 Å². The van der Waals surface area contributed by atoms with Crippen LogP contribution in [0.2, 0.25) is 0 Å². The Kier molecular flexibility index (Phi) is 3.74. The van der Waals surface area contributed by atoms with Crippen molar-refractivity contribution in [1.82, 2.24) is 5.06 Å². The summed E-state index contributed by atoms with van der Waals surface area (Å²) in [5, 5.41) is 1.44. The van der Waals surface area contributed by atoms with Crippen molar-refractivity contribution in [3.05, 3.63) is 28.0 Å². The Labute approximate surface area is 99.3 Å². The number of nitrogens with zero attached hydrogens (tertiary/aromatic N) is 1. The molecule has 4 heteroatoms. The van der Waals surface area contributed by atoms with E-state index in [1.807, 2.05) is 18.2 Å². The second-order valence-electron chi connectivity index (χ2n) is 3.76. The van der Waals surface area contributed by atoms with Crippen LogP contribution in [0.5, 0.6) is 0 Å². The molecule has 0 spiro atoms. The Morgan fingerprint density at radius 2 is 2.38 bits per heavy atom. The first kappa shape index (κ1) is 11.4. The van der Waals surface area contributed by atoms with Gasteiger partial charge in [0.05, 0.1) is 6.61 Å². The van der Waals surface area contributed by atoms with Gasteiger partial charge in [-0.3, -0.25) is 9.63 Å². The fourth-order valence-electron chi connectivity index (χ4n) is 1.55. The second-order valence-corrected chi connectivity index (χ2v) is 5.08. The van der Waals surface area contributed by atoms with Gasteiger partial charge in [-0.1, -0.05) is 0 Å². The fourth-order valence-corrected chi connectivity index (χ4v) is 2.33. The monoisotopic (exact) mass is 237 g/mol. The largest absolute Gasteiger partial charge is 0.271 e. The lowest BCUT2D eigenvalue weighted by Crippen LogP contribution is -2.34. The fraction of sp³-hybridized carbons (Fsp3) is 0.417. The molecule has 0 N–H and O–H groups in total. The van der Waals surface area contributed by atoms with Gasteiger partial charge < -0.3 is 0 Å². The molecule has 2 rings (SSSR count). The van der Waals surface area contributed by atoms with Crippen molar-refractivity contribution in [2.75, 3.05) is 13.2 Å². The summed E-state index contributed by atoms with van der Waals surface area (Å²) in [7, 11) is 0. The zero-order chi connectivity index (χ0) is 11.4. The topological polar surface area (TPSA) is 29.5 Å². The maximum atomic E-state index is 11.7. The summed E-state index contributed by atoms with van der Waals surface area (Å²) < 4.78 is 0. The second kappa shape index (κ2) is 5.27. The van der Waals surface area contributed by atoms with Crippen LogP contribution in [-0.4, -0.2) is 24.1 Å². The highest BCUT2D eigenvalue weighted by Gasteiger charge is 2.14. The van der Waals surface area contributed by atoms with E-state index in [4.69, 9.17) is 4.84 Å². The van der Waals surface area contributed by atoms with Crippen LogP contribution in [-0.2, 0) is 9.63 Å². The molecule has 1 aliphatic heterocycles. The number of thiophene rings is 1. The van der Waals surface area contributed by atoms with Crippen LogP contribution in [0.15, 0.2) is 18.2 Å². The minimum absolute atomic E-state index is 0.0641. The molecule has 86 valence electrons. The molecule has 1 amide bonds. The van der Waals surface area contributed by atoms with E-state index < -0.39 is 0 Å². The van der Waals surface area contributed by atoms with Gasteiger partial charge in [0.15, 0.2) is 0 Å². The third-order valence-electron chi connectivity index (χ3n) is 2.40. The van der Waals surface area contributed by atoms with Crippen molar-refractivity contribution in [3.8, 4) is 0 Å². The summed E-state index contributed by atoms with van der Waals surface area (Å²) >= 11 is 1.68. The quantitative estimate of drug-likeness (QED) is 0.740. The molecule has 1 aliphatic rings. The molecule has 0 aromatic carbocycles. The Hall–Kier alpha value is -1.13. The van der Waals surface area contributed by atoms with Crippen LogP contribution < -0.4 is 0 Å². The van der Waals surface area contributed by atoms with E-state index in [9.17, 15) is 4.79 Å². The Morgan fingerprint density at radius 1 is 1.50 bits per heavy atom. The molecular weight excluding hydrogens is 222 g/mol. The number of hydroxylamine groups is 2. The summed E-state index contributed by atoms with van der Waals surface area (Å²) in [6.45, 7) is 3.40. The van der Waals surface area contributed by atoms with Gasteiger partial charge in [-0.15, -0.1) is 11.3 Å². The average Bonchev–Trinajstić information content (AvgIpc) is 2.73. The molecule has 3 nitrogen and oxygen atoms in total. The van der Waals surface area contributed by atoms with Gasteiger partial charge >= 0.3 is 0 Å². The van der Waals surface area contributed by atoms with Crippen LogP contribution in [0.1, 0.15) is 22.6 Å². The molecule has 1 saturated heterocycles. The van der Waals surface area contributed by atoms with Crippen LogP contribution in [0, 0.1) is 6.92 Å². The zero-order valence-electron chi connectivity index (χ0n) is 9.31. The lowest BCUT2D eigenvalue weighted by atomic mass is 10.3. The Morgan fingerprint density at radius 3 is 3.00 bits per heavy atom. The first-order valence-electron chi connectivity index (χ1n) is 5.44. The van der Waals surface area contributed by atoms with Crippen molar-refractivity contribution in [3.63, 3.8) is 0 Å². The predicted octanol–water partition coefficient (Wildman–Crippen LogP) is 2.62. The minimum Gasteiger partial charge on any atom is -0.271 e. The van der Waals surface area contributed by atoms with Gasteiger partial charge in [0, 0.05) is 22.4 Å². The highest BCUT2D eigenvalue weighted by molar-refractivity contribution is 7.12. The molecule has 1 aromatic heterocycles. The Bertz CT molecular complexity index is 391. The number of rotatable bonds is 2. The van der Waals surface area contributed by atoms with Crippen LogP contribution >= 0.6 is 11.3 Å². The van der Waals surface area contributed by atoms with E-state index in [0.29, 0.717) is 13.2 Å². The molecular formula is C12H15NO2S. The molecule has 0 radical (unpaired) electrons. The molecule has 0 unspecified atom stereocenters. The molecule has 2 heterocycles. The first-order chi connectivity index (χ1) is 7.75. The molecule has 0 aliphatic carbocycles. The SMILES string of the molecule is Cc1ccc(/C=C/C(=O)N2CCCCO2)s1. The maximum Gasteiger partial charge on any atom is 0.270 e. The summed E-state index contributed by atoms with van der Waals surface area (Å²) in [6.07, 6.45) is 5.49. The van der Waals surface area contributed by atoms with Gasteiger partial charge in [0.25, 0.3) is 5.91 Å². The molecule has 1 aromatic rings. The van der Waals surface area contributed by atoms with E-state index in [2.05, 4.69) is 6.92 Å². The van der Waals surface area contributed by atoms with Crippen LogP contribution in [0.3, 0.4) is 0 Å². The van der Waals surface area contributed by atoms with Crippen molar-refractivity contribution in [1.29, 1.82) is 0 Å². The van der Waals surface area contributed by atoms with E-state index in [1.165, 1.54) is 9.94 Å². The average molecular weight is 237 g/mol. The molecule has 0 bridgehead atoms. The molecule has 0 saturated carbocycles. The van der Waals surface area contributed by atoms with Crippen LogP contribution in [0.4, 0.5) is 0 Å². The molecule has 16 heavy (non-hydrogen) atoms. The molecule has 0 atom stereocenters. The van der Waals surface area contributed by atoms with Crippen molar-refractivity contribution in [2.45, 2.75) is 19.8 Å². The van der Waals surface area contributed by atoms with Crippen LogP contribution in [0.25, 0.3) is 6.08 Å². The summed E-state index contributed by atoms with van der Waals surface area (Å²) in [5.74, 6) is -0.0641. The number of carbonyl (C=O) groups excluding carboxylic acids is 1. The smallest absolute Gasteiger partial charge is 0.270 e. The van der Waals surface area contributed by atoms with Crippen molar-refractivity contribution >= 4 is 23.3 Å². The highest BCUT2D eigenvalue weighted by Crippen LogP contribution is 2.16. The summed E-state index contributed by atoms with van der Waals surface area (Å²) in [4.78, 5) is 19.3. The standard InChI is InChI=1S/C12H15NO2S/c1-10-4-5-11(16-10)6-7-12(14)13-8-2-3-9-15-13/h4-7H,2-3,8-9H2,1H3/b7-6+. The lowest BCUT2D eigenvalue weighted by Gasteiger charge is -2.24. The maximum absolute atomic E-state index is 11.7. The van der Waals surface area contributed by atoms with E-state index >= 15 is 0 Å². The number of hydrogen-bond acceptors (Lipinski definition) is 3. The highest BCUT2D eigenvalue weighted by atomic mass is 32.1. The number of aryl methyl sites for hydroxylation is 1. The lowest BCUT2D eigenvalue weighted by molar-refractivity contribution is -0.191. The van der Waals surface area contributed by atoms with Gasteiger partial charge in [0.1, 0.15) is 0 Å². The van der Waals surface area contributed by atoms with E-state index in [1.54, 1.807) is 17.4 Å². The van der Waals surface area contributed by atoms with Gasteiger partial charge in [-0.2, -0.15) is 0 Å². The van der Waals surface area contributed by atoms with E-state index in [-0.39, 0.29) is 5.91 Å². The Balaban J connectivity index is 1.93. The summed E-state index contributed by atoms with van der Waals surface area (Å²) in [5.41, 5.74) is 0. The predicted molar refractivity (Wildman–Crippen MR) is 65.0 cm³/mol. The number of carbonyl (C=O) groups is 1. The zero-order valence-corrected chi connectivity index (χ0v) is 10.1. The third-order valence-corrected chi connectivity index (χ3v) is 3.37. The van der Waals surface area contributed by atoms with E-state index in [0.717, 1.165) is 17.7 Å². The van der Waals surface area contributed by atoms with Crippen molar-refractivity contribution < 1.29 is 9.63 Å². The molecule has 1 fully saturated rings.